The highest BCUT2D eigenvalue weighted by Gasteiger charge is 2.17. The number of rotatable bonds is 5. The van der Waals surface area contributed by atoms with Crippen LogP contribution in [0, 0.1) is 0 Å². The monoisotopic (exact) mass is 409 g/mol. The van der Waals surface area contributed by atoms with Gasteiger partial charge in [0.25, 0.3) is 0 Å². The van der Waals surface area contributed by atoms with Crippen LogP contribution >= 0.6 is 11.8 Å². The highest BCUT2D eigenvalue weighted by Crippen LogP contribution is 2.45. The van der Waals surface area contributed by atoms with E-state index in [4.69, 9.17) is 4.74 Å². The Morgan fingerprint density at radius 1 is 0.733 bits per heavy atom. The predicted molar refractivity (Wildman–Crippen MR) is 125 cm³/mol. The lowest BCUT2D eigenvalue weighted by atomic mass is 9.92. The van der Waals surface area contributed by atoms with Crippen molar-refractivity contribution in [3.05, 3.63) is 114 Å². The smallest absolute Gasteiger partial charge is 0.120 e. The van der Waals surface area contributed by atoms with Crippen LogP contribution in [0.2, 0.25) is 0 Å². The van der Waals surface area contributed by atoms with Gasteiger partial charge in [0.1, 0.15) is 12.4 Å². The van der Waals surface area contributed by atoms with Crippen molar-refractivity contribution in [1.82, 2.24) is 0 Å². The van der Waals surface area contributed by atoms with Gasteiger partial charge in [-0.05, 0) is 53.1 Å². The molecule has 0 amide bonds. The average Bonchev–Trinajstić information content (AvgIpc) is 2.81. The standard InChI is InChI=1S/C27H23NOS/c1-19(21-10-7-11-23(16-21)29-18-20-8-3-2-4-9-20)22-14-15-27-25(17-22)28-24-12-5-6-13-26(24)30-27/h2-17,19,28H,18H2,1H3. The molecule has 0 bridgehead atoms. The minimum atomic E-state index is 0.277. The summed E-state index contributed by atoms with van der Waals surface area (Å²) in [6, 6.07) is 33.9. The Balaban J connectivity index is 1.34. The third kappa shape index (κ3) is 3.94. The van der Waals surface area contributed by atoms with Crippen LogP contribution in [-0.4, -0.2) is 0 Å². The molecule has 0 aliphatic carbocycles. The highest BCUT2D eigenvalue weighted by molar-refractivity contribution is 7.99. The summed E-state index contributed by atoms with van der Waals surface area (Å²) in [6.45, 7) is 2.83. The summed E-state index contributed by atoms with van der Waals surface area (Å²) < 4.78 is 6.03. The molecule has 0 fully saturated rings. The number of benzene rings is 4. The largest absolute Gasteiger partial charge is 0.489 e. The second-order valence-electron chi connectivity index (χ2n) is 7.55. The van der Waals surface area contributed by atoms with Crippen LogP contribution in [0.5, 0.6) is 5.75 Å². The maximum absolute atomic E-state index is 6.03. The van der Waals surface area contributed by atoms with Crippen LogP contribution in [0.1, 0.15) is 29.5 Å². The Bertz CT molecular complexity index is 1170. The molecule has 1 aliphatic rings. The summed E-state index contributed by atoms with van der Waals surface area (Å²) in [6.07, 6.45) is 0. The van der Waals surface area contributed by atoms with Crippen molar-refractivity contribution >= 4 is 23.1 Å². The summed E-state index contributed by atoms with van der Waals surface area (Å²) in [4.78, 5) is 2.54. The number of hydrogen-bond donors (Lipinski definition) is 1. The number of anilines is 2. The normalized spacial score (nSPS) is 13.0. The number of ether oxygens (including phenoxy) is 1. The number of hydrogen-bond acceptors (Lipinski definition) is 3. The molecule has 0 spiro atoms. The minimum Gasteiger partial charge on any atom is -0.489 e. The third-order valence-corrected chi connectivity index (χ3v) is 6.64. The van der Waals surface area contributed by atoms with Crippen molar-refractivity contribution in [3.8, 4) is 5.75 Å². The molecule has 0 saturated heterocycles. The fourth-order valence-corrected chi connectivity index (χ4v) is 4.70. The lowest BCUT2D eigenvalue weighted by Gasteiger charge is -2.23. The average molecular weight is 410 g/mol. The molecule has 0 saturated carbocycles. The van der Waals surface area contributed by atoms with Gasteiger partial charge in [0.05, 0.1) is 11.4 Å². The number of para-hydroxylation sites is 1. The Labute approximate surface area is 181 Å². The third-order valence-electron chi connectivity index (χ3n) is 5.49. The van der Waals surface area contributed by atoms with Gasteiger partial charge in [-0.1, -0.05) is 79.3 Å². The molecule has 0 radical (unpaired) electrons. The van der Waals surface area contributed by atoms with E-state index >= 15 is 0 Å². The molecule has 4 aromatic carbocycles. The lowest BCUT2D eigenvalue weighted by Crippen LogP contribution is -2.03. The SMILES string of the molecule is CC(c1cccc(OCc2ccccc2)c1)c1ccc2c(c1)Nc1ccccc1S2. The fourth-order valence-electron chi connectivity index (χ4n) is 3.73. The molecule has 3 heteroatoms. The summed E-state index contributed by atoms with van der Waals surface area (Å²) >= 11 is 1.82. The van der Waals surface area contributed by atoms with Crippen LogP contribution in [0.15, 0.2) is 107 Å². The minimum absolute atomic E-state index is 0.277. The molecular formula is C27H23NOS. The molecule has 1 aliphatic heterocycles. The van der Waals surface area contributed by atoms with Gasteiger partial charge in [-0.25, -0.2) is 0 Å². The van der Waals surface area contributed by atoms with Crippen LogP contribution in [0.3, 0.4) is 0 Å². The van der Waals surface area contributed by atoms with Crippen LogP contribution < -0.4 is 10.1 Å². The Hall–Kier alpha value is -3.17. The van der Waals surface area contributed by atoms with Gasteiger partial charge in [0, 0.05) is 15.7 Å². The van der Waals surface area contributed by atoms with Gasteiger partial charge in [0.2, 0.25) is 0 Å². The first-order valence-electron chi connectivity index (χ1n) is 10.2. The first-order valence-corrected chi connectivity index (χ1v) is 11.0. The van der Waals surface area contributed by atoms with Crippen molar-refractivity contribution in [2.75, 3.05) is 5.32 Å². The van der Waals surface area contributed by atoms with Gasteiger partial charge >= 0.3 is 0 Å². The van der Waals surface area contributed by atoms with Crippen molar-refractivity contribution in [3.63, 3.8) is 0 Å². The highest BCUT2D eigenvalue weighted by atomic mass is 32.2. The molecule has 148 valence electrons. The zero-order valence-corrected chi connectivity index (χ0v) is 17.7. The predicted octanol–water partition coefficient (Wildman–Crippen LogP) is 7.63. The summed E-state index contributed by atoms with van der Waals surface area (Å²) in [5.74, 6) is 1.18. The van der Waals surface area contributed by atoms with E-state index in [2.05, 4.69) is 85.0 Å². The number of fused-ring (bicyclic) bond motifs is 2. The van der Waals surface area contributed by atoms with Crippen LogP contribution in [-0.2, 0) is 6.61 Å². The quantitative estimate of drug-likeness (QED) is 0.322. The van der Waals surface area contributed by atoms with Crippen LogP contribution in [0.25, 0.3) is 0 Å². The molecule has 1 N–H and O–H groups in total. The lowest BCUT2D eigenvalue weighted by molar-refractivity contribution is 0.306. The zero-order valence-electron chi connectivity index (χ0n) is 16.8. The Morgan fingerprint density at radius 2 is 1.50 bits per heavy atom. The maximum Gasteiger partial charge on any atom is 0.120 e. The van der Waals surface area contributed by atoms with Crippen molar-refractivity contribution in [2.24, 2.45) is 0 Å². The molecule has 30 heavy (non-hydrogen) atoms. The van der Waals surface area contributed by atoms with Crippen molar-refractivity contribution < 1.29 is 4.74 Å². The topological polar surface area (TPSA) is 21.3 Å². The van der Waals surface area contributed by atoms with Crippen molar-refractivity contribution in [1.29, 1.82) is 0 Å². The Kier molecular flexibility index (Phi) is 5.20. The van der Waals surface area contributed by atoms with E-state index in [1.807, 2.05) is 36.0 Å². The van der Waals surface area contributed by atoms with Crippen LogP contribution in [0.4, 0.5) is 11.4 Å². The van der Waals surface area contributed by atoms with E-state index in [9.17, 15) is 0 Å². The van der Waals surface area contributed by atoms with Crippen molar-refractivity contribution in [2.45, 2.75) is 29.2 Å². The maximum atomic E-state index is 6.03. The first kappa shape index (κ1) is 18.8. The van der Waals surface area contributed by atoms with E-state index in [1.54, 1.807) is 0 Å². The van der Waals surface area contributed by atoms with E-state index in [1.165, 1.54) is 37.9 Å². The molecule has 1 atom stereocenters. The summed E-state index contributed by atoms with van der Waals surface area (Å²) in [5, 5.41) is 3.59. The molecule has 0 aromatic heterocycles. The molecule has 5 rings (SSSR count). The van der Waals surface area contributed by atoms with E-state index in [-0.39, 0.29) is 5.92 Å². The molecular weight excluding hydrogens is 386 g/mol. The molecule has 1 heterocycles. The second-order valence-corrected chi connectivity index (χ2v) is 8.63. The molecule has 1 unspecified atom stereocenters. The summed E-state index contributed by atoms with van der Waals surface area (Å²) in [5.41, 5.74) is 6.08. The molecule has 2 nitrogen and oxygen atoms in total. The Morgan fingerprint density at radius 3 is 2.40 bits per heavy atom. The fraction of sp³-hybridized carbons (Fsp3) is 0.111. The first-order chi connectivity index (χ1) is 14.8. The van der Waals surface area contributed by atoms with Gasteiger partial charge in [0.15, 0.2) is 0 Å². The molecule has 4 aromatic rings. The number of nitrogens with one attached hydrogen (secondary N) is 1. The summed E-state index contributed by atoms with van der Waals surface area (Å²) in [7, 11) is 0. The van der Waals surface area contributed by atoms with E-state index < -0.39 is 0 Å². The van der Waals surface area contributed by atoms with Gasteiger partial charge in [-0.2, -0.15) is 0 Å². The van der Waals surface area contributed by atoms with Gasteiger partial charge in [-0.3, -0.25) is 0 Å². The van der Waals surface area contributed by atoms with Gasteiger partial charge < -0.3 is 10.1 Å². The van der Waals surface area contributed by atoms with Gasteiger partial charge in [-0.15, -0.1) is 0 Å². The zero-order chi connectivity index (χ0) is 20.3. The van der Waals surface area contributed by atoms with E-state index in [0.717, 1.165) is 5.75 Å². The van der Waals surface area contributed by atoms with E-state index in [0.29, 0.717) is 6.61 Å². The second kappa shape index (κ2) is 8.29.